The van der Waals surface area contributed by atoms with E-state index in [4.69, 9.17) is 0 Å². The SMILES string of the molecule is CC1CCC(NC(=O)C2CCN(c3ccc4nnc(C(F)(F)F)n4n3)CC2)CC1. The summed E-state index contributed by atoms with van der Waals surface area (Å²) in [6.45, 7) is 3.39. The average molecular weight is 410 g/mol. The van der Waals surface area contributed by atoms with Gasteiger partial charge in [0.1, 0.15) is 5.82 Å². The van der Waals surface area contributed by atoms with Crippen LogP contribution in [-0.4, -0.2) is 44.8 Å². The topological polar surface area (TPSA) is 75.4 Å². The summed E-state index contributed by atoms with van der Waals surface area (Å²) >= 11 is 0. The van der Waals surface area contributed by atoms with Crippen molar-refractivity contribution in [3.05, 3.63) is 18.0 Å². The Labute approximate surface area is 166 Å². The number of nitrogens with zero attached hydrogens (tertiary/aromatic N) is 5. The van der Waals surface area contributed by atoms with E-state index >= 15 is 0 Å². The lowest BCUT2D eigenvalue weighted by atomic mass is 9.86. The Morgan fingerprint density at radius 2 is 1.76 bits per heavy atom. The molecular formula is C19H25F3N6O. The molecule has 10 heteroatoms. The van der Waals surface area contributed by atoms with Crippen LogP contribution in [0.4, 0.5) is 19.0 Å². The molecule has 29 heavy (non-hydrogen) atoms. The molecule has 0 radical (unpaired) electrons. The van der Waals surface area contributed by atoms with Crippen molar-refractivity contribution in [1.82, 2.24) is 25.1 Å². The van der Waals surface area contributed by atoms with E-state index in [1.807, 2.05) is 4.90 Å². The second-order valence-electron chi connectivity index (χ2n) is 8.21. The summed E-state index contributed by atoms with van der Waals surface area (Å²) in [5.41, 5.74) is 0.0529. The summed E-state index contributed by atoms with van der Waals surface area (Å²) in [7, 11) is 0. The molecule has 0 unspecified atom stereocenters. The summed E-state index contributed by atoms with van der Waals surface area (Å²) in [5, 5.41) is 14.0. The van der Waals surface area contributed by atoms with Crippen LogP contribution in [0.25, 0.3) is 5.65 Å². The predicted molar refractivity (Wildman–Crippen MR) is 100 cm³/mol. The molecule has 158 valence electrons. The second-order valence-corrected chi connectivity index (χ2v) is 8.21. The molecule has 4 rings (SSSR count). The van der Waals surface area contributed by atoms with Gasteiger partial charge in [-0.3, -0.25) is 4.79 Å². The number of halogens is 3. The van der Waals surface area contributed by atoms with Gasteiger partial charge < -0.3 is 10.2 Å². The van der Waals surface area contributed by atoms with Gasteiger partial charge in [0.15, 0.2) is 5.65 Å². The highest BCUT2D eigenvalue weighted by molar-refractivity contribution is 5.79. The van der Waals surface area contributed by atoms with Crippen LogP contribution in [0.3, 0.4) is 0 Å². The fraction of sp³-hybridized carbons (Fsp3) is 0.684. The summed E-state index contributed by atoms with van der Waals surface area (Å²) in [5.74, 6) is 0.0777. The molecule has 2 aromatic rings. The van der Waals surface area contributed by atoms with E-state index in [0.29, 0.717) is 31.7 Å². The highest BCUT2D eigenvalue weighted by Crippen LogP contribution is 2.29. The van der Waals surface area contributed by atoms with Gasteiger partial charge in [-0.1, -0.05) is 6.92 Å². The number of carbonyl (C=O) groups excluding carboxylic acids is 1. The maximum Gasteiger partial charge on any atom is 0.453 e. The van der Waals surface area contributed by atoms with Gasteiger partial charge in [-0.15, -0.1) is 15.3 Å². The molecule has 2 aromatic heterocycles. The lowest BCUT2D eigenvalue weighted by molar-refractivity contribution is -0.146. The number of piperidine rings is 1. The third-order valence-corrected chi connectivity index (χ3v) is 6.05. The summed E-state index contributed by atoms with van der Waals surface area (Å²) in [6, 6.07) is 3.40. The maximum atomic E-state index is 13.1. The monoisotopic (exact) mass is 410 g/mol. The highest BCUT2D eigenvalue weighted by atomic mass is 19.4. The Bertz CT molecular complexity index is 866. The molecule has 1 aliphatic heterocycles. The Hall–Kier alpha value is -2.39. The number of carbonyl (C=O) groups is 1. The van der Waals surface area contributed by atoms with Crippen molar-refractivity contribution in [2.75, 3.05) is 18.0 Å². The van der Waals surface area contributed by atoms with Gasteiger partial charge in [0.05, 0.1) is 0 Å². The first-order valence-corrected chi connectivity index (χ1v) is 10.2. The van der Waals surface area contributed by atoms with Gasteiger partial charge in [0, 0.05) is 25.0 Å². The van der Waals surface area contributed by atoms with Gasteiger partial charge in [0.25, 0.3) is 5.82 Å². The van der Waals surface area contributed by atoms with Crippen molar-refractivity contribution in [2.24, 2.45) is 11.8 Å². The van der Waals surface area contributed by atoms with E-state index in [9.17, 15) is 18.0 Å². The van der Waals surface area contributed by atoms with Crippen LogP contribution >= 0.6 is 0 Å². The number of amides is 1. The fourth-order valence-electron chi connectivity index (χ4n) is 4.22. The fourth-order valence-corrected chi connectivity index (χ4v) is 4.22. The van der Waals surface area contributed by atoms with Crippen LogP contribution in [0.1, 0.15) is 51.3 Å². The zero-order chi connectivity index (χ0) is 20.6. The Kier molecular flexibility index (Phi) is 5.35. The second kappa shape index (κ2) is 7.79. The zero-order valence-corrected chi connectivity index (χ0v) is 16.3. The van der Waals surface area contributed by atoms with Gasteiger partial charge in [-0.05, 0) is 56.6 Å². The number of anilines is 1. The maximum absolute atomic E-state index is 13.1. The van der Waals surface area contributed by atoms with Crippen LogP contribution in [0.15, 0.2) is 12.1 Å². The number of hydrogen-bond donors (Lipinski definition) is 1. The lowest BCUT2D eigenvalue weighted by Crippen LogP contribution is -2.45. The van der Waals surface area contributed by atoms with Crippen molar-refractivity contribution < 1.29 is 18.0 Å². The van der Waals surface area contributed by atoms with E-state index in [0.717, 1.165) is 36.1 Å². The Balaban J connectivity index is 1.37. The average Bonchev–Trinajstić information content (AvgIpc) is 3.13. The van der Waals surface area contributed by atoms with Crippen LogP contribution in [0.5, 0.6) is 0 Å². The molecule has 3 heterocycles. The predicted octanol–water partition coefficient (Wildman–Crippen LogP) is 3.05. The number of rotatable bonds is 3. The minimum atomic E-state index is -4.62. The molecule has 1 N–H and O–H groups in total. The highest BCUT2D eigenvalue weighted by Gasteiger charge is 2.38. The van der Waals surface area contributed by atoms with E-state index in [1.54, 1.807) is 6.07 Å². The molecule has 1 amide bonds. The van der Waals surface area contributed by atoms with Gasteiger partial charge >= 0.3 is 6.18 Å². The molecule has 0 bridgehead atoms. The normalized spacial score (nSPS) is 24.1. The largest absolute Gasteiger partial charge is 0.453 e. The molecule has 1 aliphatic carbocycles. The number of hydrogen-bond acceptors (Lipinski definition) is 5. The molecule has 2 fully saturated rings. The van der Waals surface area contributed by atoms with Crippen molar-refractivity contribution in [3.8, 4) is 0 Å². The van der Waals surface area contributed by atoms with Crippen molar-refractivity contribution >= 4 is 17.4 Å². The van der Waals surface area contributed by atoms with Crippen molar-refractivity contribution in [2.45, 2.75) is 57.7 Å². The number of alkyl halides is 3. The molecular weight excluding hydrogens is 385 g/mol. The number of nitrogens with one attached hydrogen (secondary N) is 1. The molecule has 1 saturated carbocycles. The van der Waals surface area contributed by atoms with Crippen LogP contribution in [0.2, 0.25) is 0 Å². The lowest BCUT2D eigenvalue weighted by Gasteiger charge is -2.33. The minimum absolute atomic E-state index is 0.0529. The molecule has 2 aliphatic rings. The van der Waals surface area contributed by atoms with E-state index in [-0.39, 0.29) is 23.5 Å². The first-order chi connectivity index (χ1) is 13.8. The molecule has 0 atom stereocenters. The molecule has 7 nitrogen and oxygen atoms in total. The van der Waals surface area contributed by atoms with Gasteiger partial charge in [0.2, 0.25) is 5.91 Å². The van der Waals surface area contributed by atoms with Crippen LogP contribution < -0.4 is 10.2 Å². The minimum Gasteiger partial charge on any atom is -0.355 e. The summed E-state index contributed by atoms with van der Waals surface area (Å²) in [6.07, 6.45) is 1.08. The standard InChI is InChI=1S/C19H25F3N6O/c1-12-2-4-14(5-3-12)23-17(29)13-8-10-27(11-9-13)16-7-6-15-24-25-18(19(20,21)22)28(15)26-16/h6-7,12-14H,2-5,8-11H2,1H3,(H,23,29). The van der Waals surface area contributed by atoms with Crippen molar-refractivity contribution in [1.29, 1.82) is 0 Å². The third kappa shape index (κ3) is 4.30. The molecule has 1 saturated heterocycles. The summed E-state index contributed by atoms with van der Waals surface area (Å²) < 4.78 is 39.9. The van der Waals surface area contributed by atoms with E-state index in [1.165, 1.54) is 6.07 Å². The third-order valence-electron chi connectivity index (χ3n) is 6.05. The Morgan fingerprint density at radius 1 is 1.07 bits per heavy atom. The van der Waals surface area contributed by atoms with Gasteiger partial charge in [-0.25, -0.2) is 0 Å². The number of fused-ring (bicyclic) bond motifs is 1. The molecule has 0 spiro atoms. The number of aromatic nitrogens is 4. The van der Waals surface area contributed by atoms with E-state index in [2.05, 4.69) is 27.5 Å². The summed E-state index contributed by atoms with van der Waals surface area (Å²) in [4.78, 5) is 14.5. The quantitative estimate of drug-likeness (QED) is 0.842. The van der Waals surface area contributed by atoms with Crippen molar-refractivity contribution in [3.63, 3.8) is 0 Å². The smallest absolute Gasteiger partial charge is 0.355 e. The Morgan fingerprint density at radius 3 is 2.41 bits per heavy atom. The molecule has 0 aromatic carbocycles. The van der Waals surface area contributed by atoms with Crippen LogP contribution in [0, 0.1) is 11.8 Å². The first kappa shape index (κ1) is 19.9. The van der Waals surface area contributed by atoms with Crippen LogP contribution in [-0.2, 0) is 11.0 Å². The first-order valence-electron chi connectivity index (χ1n) is 10.2. The van der Waals surface area contributed by atoms with E-state index < -0.39 is 12.0 Å². The van der Waals surface area contributed by atoms with Gasteiger partial charge in [-0.2, -0.15) is 17.7 Å². The zero-order valence-electron chi connectivity index (χ0n) is 16.3.